The van der Waals surface area contributed by atoms with Crippen molar-refractivity contribution < 1.29 is 17.9 Å². The minimum absolute atomic E-state index is 0.177. The average molecular weight is 419 g/mol. The highest BCUT2D eigenvalue weighted by Gasteiger charge is 2.29. The molecule has 0 atom stereocenters. The smallest absolute Gasteiger partial charge is 0.255 e. The van der Waals surface area contributed by atoms with Gasteiger partial charge in [0.15, 0.2) is 0 Å². The fraction of sp³-hybridized carbons (Fsp3) is 0.400. The minimum atomic E-state index is -3.69. The number of sulfonamides is 1. The molecule has 1 aliphatic heterocycles. The van der Waals surface area contributed by atoms with Crippen molar-refractivity contribution in [1.82, 2.24) is 9.29 Å². The Morgan fingerprint density at radius 1 is 1.21 bits per heavy atom. The second kappa shape index (κ2) is 8.89. The van der Waals surface area contributed by atoms with E-state index in [1.807, 2.05) is 25.9 Å². The van der Waals surface area contributed by atoms with Crippen LogP contribution in [0.4, 0.5) is 11.5 Å². The van der Waals surface area contributed by atoms with Crippen molar-refractivity contribution in [2.45, 2.75) is 18.2 Å². The zero-order valence-electron chi connectivity index (χ0n) is 16.9. The number of rotatable bonds is 6. The molecule has 1 aromatic heterocycles. The van der Waals surface area contributed by atoms with Gasteiger partial charge >= 0.3 is 0 Å². The van der Waals surface area contributed by atoms with Gasteiger partial charge in [-0.2, -0.15) is 4.31 Å². The lowest BCUT2D eigenvalue weighted by Crippen LogP contribution is -2.41. The summed E-state index contributed by atoms with van der Waals surface area (Å²) >= 11 is 0. The average Bonchev–Trinajstić information content (AvgIpc) is 2.74. The number of hydrogen-bond donors (Lipinski definition) is 1. The first-order valence-corrected chi connectivity index (χ1v) is 10.9. The first kappa shape index (κ1) is 21.2. The van der Waals surface area contributed by atoms with Gasteiger partial charge in [-0.3, -0.25) is 4.79 Å². The number of benzene rings is 1. The number of ether oxygens (including phenoxy) is 1. The van der Waals surface area contributed by atoms with Gasteiger partial charge in [0.1, 0.15) is 5.82 Å². The lowest BCUT2D eigenvalue weighted by molar-refractivity contribution is 0.0730. The number of nitrogens with zero attached hydrogens (tertiary/aromatic N) is 3. The summed E-state index contributed by atoms with van der Waals surface area (Å²) < 4.78 is 32.9. The third-order valence-electron chi connectivity index (χ3n) is 4.76. The van der Waals surface area contributed by atoms with Crippen molar-refractivity contribution in [3.05, 3.63) is 47.7 Å². The van der Waals surface area contributed by atoms with Crippen LogP contribution in [0.5, 0.6) is 0 Å². The largest absolute Gasteiger partial charge is 0.379 e. The van der Waals surface area contributed by atoms with E-state index in [-0.39, 0.29) is 16.4 Å². The molecule has 0 saturated carbocycles. The van der Waals surface area contributed by atoms with Crippen LogP contribution in [-0.2, 0) is 21.2 Å². The molecule has 2 heterocycles. The first-order valence-electron chi connectivity index (χ1n) is 9.48. The number of carbonyl (C=O) groups is 1. The zero-order chi connectivity index (χ0) is 21.0. The normalized spacial score (nSPS) is 15.1. The highest BCUT2D eigenvalue weighted by molar-refractivity contribution is 7.89. The summed E-state index contributed by atoms with van der Waals surface area (Å²) in [6, 6.07) is 8.36. The lowest BCUT2D eigenvalue weighted by Gasteiger charge is -2.27. The number of carbonyl (C=O) groups excluding carboxylic acids is 1. The number of pyridine rings is 1. The van der Waals surface area contributed by atoms with E-state index in [2.05, 4.69) is 10.3 Å². The van der Waals surface area contributed by atoms with Crippen LogP contribution in [0.3, 0.4) is 0 Å². The molecular weight excluding hydrogens is 392 g/mol. The third-order valence-corrected chi connectivity index (χ3v) is 6.74. The maximum Gasteiger partial charge on any atom is 0.255 e. The standard InChI is InChI=1S/C20H26N4O4S/c1-4-15-5-6-16(13-18(15)29(26,27)24-9-11-28-12-10-24)20(25)22-17-7-8-19(21-14-17)23(2)3/h5-8,13-14H,4,9-12H2,1-3H3,(H,22,25). The van der Waals surface area contributed by atoms with E-state index in [9.17, 15) is 13.2 Å². The summed E-state index contributed by atoms with van der Waals surface area (Å²) in [6.45, 7) is 3.26. The first-order chi connectivity index (χ1) is 13.8. The fourth-order valence-electron chi connectivity index (χ4n) is 3.08. The molecule has 1 saturated heterocycles. The molecule has 0 aliphatic carbocycles. The van der Waals surface area contributed by atoms with Crippen LogP contribution in [-0.4, -0.2) is 64.0 Å². The second-order valence-corrected chi connectivity index (χ2v) is 8.85. The number of nitrogens with one attached hydrogen (secondary N) is 1. The molecule has 0 bridgehead atoms. The molecule has 8 nitrogen and oxygen atoms in total. The zero-order valence-corrected chi connectivity index (χ0v) is 17.7. The van der Waals surface area contributed by atoms with Crippen LogP contribution in [0.15, 0.2) is 41.4 Å². The molecule has 1 fully saturated rings. The van der Waals surface area contributed by atoms with Crippen molar-refractivity contribution in [3.8, 4) is 0 Å². The van der Waals surface area contributed by atoms with E-state index in [1.165, 1.54) is 10.4 Å². The Kier molecular flexibility index (Phi) is 6.51. The Morgan fingerprint density at radius 3 is 2.52 bits per heavy atom. The number of anilines is 2. The van der Waals surface area contributed by atoms with Gasteiger partial charge in [0, 0.05) is 32.7 Å². The number of aryl methyl sites for hydroxylation is 1. The highest BCUT2D eigenvalue weighted by atomic mass is 32.2. The van der Waals surface area contributed by atoms with Gasteiger partial charge in [0.2, 0.25) is 10.0 Å². The molecule has 1 aromatic carbocycles. The predicted octanol–water partition coefficient (Wildman–Crippen LogP) is 1.98. The fourth-order valence-corrected chi connectivity index (χ4v) is 4.81. The summed E-state index contributed by atoms with van der Waals surface area (Å²) in [7, 11) is 0.0692. The van der Waals surface area contributed by atoms with E-state index in [0.29, 0.717) is 44.0 Å². The van der Waals surface area contributed by atoms with Crippen molar-refractivity contribution in [1.29, 1.82) is 0 Å². The maximum atomic E-state index is 13.1. The Balaban J connectivity index is 1.86. The molecule has 0 unspecified atom stereocenters. The molecule has 9 heteroatoms. The molecule has 1 N–H and O–H groups in total. The number of hydrogen-bond acceptors (Lipinski definition) is 6. The Morgan fingerprint density at radius 2 is 1.93 bits per heavy atom. The van der Waals surface area contributed by atoms with Gasteiger partial charge in [-0.25, -0.2) is 13.4 Å². The van der Waals surface area contributed by atoms with Crippen LogP contribution < -0.4 is 10.2 Å². The Hall–Kier alpha value is -2.49. The highest BCUT2D eigenvalue weighted by Crippen LogP contribution is 2.24. The number of aromatic nitrogens is 1. The van der Waals surface area contributed by atoms with Gasteiger partial charge in [0.05, 0.1) is 30.0 Å². The predicted molar refractivity (Wildman–Crippen MR) is 112 cm³/mol. The molecule has 3 rings (SSSR count). The van der Waals surface area contributed by atoms with Crippen LogP contribution >= 0.6 is 0 Å². The number of morpholine rings is 1. The van der Waals surface area contributed by atoms with Gasteiger partial charge in [-0.05, 0) is 36.2 Å². The molecule has 156 valence electrons. The van der Waals surface area contributed by atoms with Gasteiger partial charge < -0.3 is 15.0 Å². The maximum absolute atomic E-state index is 13.1. The quantitative estimate of drug-likeness (QED) is 0.771. The van der Waals surface area contributed by atoms with Gasteiger partial charge in [-0.15, -0.1) is 0 Å². The molecule has 0 spiro atoms. The Bertz CT molecular complexity index is 968. The number of amides is 1. The molecule has 1 aliphatic rings. The van der Waals surface area contributed by atoms with E-state index >= 15 is 0 Å². The van der Waals surface area contributed by atoms with Crippen LogP contribution in [0.25, 0.3) is 0 Å². The summed E-state index contributed by atoms with van der Waals surface area (Å²) in [5.41, 5.74) is 1.51. The summed E-state index contributed by atoms with van der Waals surface area (Å²) in [5.74, 6) is 0.389. The van der Waals surface area contributed by atoms with Crippen molar-refractivity contribution in [3.63, 3.8) is 0 Å². The molecule has 2 aromatic rings. The van der Waals surface area contributed by atoms with Gasteiger partial charge in [-0.1, -0.05) is 13.0 Å². The lowest BCUT2D eigenvalue weighted by atomic mass is 10.1. The van der Waals surface area contributed by atoms with Crippen molar-refractivity contribution in [2.75, 3.05) is 50.6 Å². The van der Waals surface area contributed by atoms with Crippen LogP contribution in [0, 0.1) is 0 Å². The summed E-state index contributed by atoms with van der Waals surface area (Å²) in [5, 5.41) is 2.77. The molecule has 0 radical (unpaired) electrons. The van der Waals surface area contributed by atoms with Crippen LogP contribution in [0.2, 0.25) is 0 Å². The summed E-state index contributed by atoms with van der Waals surface area (Å²) in [6.07, 6.45) is 2.12. The van der Waals surface area contributed by atoms with Crippen molar-refractivity contribution >= 4 is 27.4 Å². The SMILES string of the molecule is CCc1ccc(C(=O)Nc2ccc(N(C)C)nc2)cc1S(=O)(=O)N1CCOCC1. The third kappa shape index (κ3) is 4.75. The minimum Gasteiger partial charge on any atom is -0.379 e. The topological polar surface area (TPSA) is 91.8 Å². The van der Waals surface area contributed by atoms with E-state index in [1.54, 1.807) is 30.5 Å². The Labute approximate surface area is 171 Å². The molecular formula is C20H26N4O4S. The van der Waals surface area contributed by atoms with E-state index in [4.69, 9.17) is 4.74 Å². The second-order valence-electron chi connectivity index (χ2n) is 6.95. The monoisotopic (exact) mass is 418 g/mol. The van der Waals surface area contributed by atoms with E-state index in [0.717, 1.165) is 5.82 Å². The van der Waals surface area contributed by atoms with Gasteiger partial charge in [0.25, 0.3) is 5.91 Å². The summed E-state index contributed by atoms with van der Waals surface area (Å²) in [4.78, 5) is 19.0. The van der Waals surface area contributed by atoms with E-state index < -0.39 is 10.0 Å². The van der Waals surface area contributed by atoms with Crippen LogP contribution in [0.1, 0.15) is 22.8 Å². The van der Waals surface area contributed by atoms with Crippen molar-refractivity contribution in [2.24, 2.45) is 0 Å². The molecule has 1 amide bonds. The molecule has 29 heavy (non-hydrogen) atoms.